The lowest BCUT2D eigenvalue weighted by atomic mass is 10.3. The fraction of sp³-hybridized carbons (Fsp3) is 0.667. The Kier molecular flexibility index (Phi) is 1.51. The summed E-state index contributed by atoms with van der Waals surface area (Å²) in [6.45, 7) is 0. The van der Waals surface area contributed by atoms with Gasteiger partial charge < -0.3 is 4.74 Å². The summed E-state index contributed by atoms with van der Waals surface area (Å²) < 4.78 is 4.44. The van der Waals surface area contributed by atoms with Crippen molar-refractivity contribution < 1.29 is 9.53 Å². The largest absolute Gasteiger partial charge is 0.469 e. The topological polar surface area (TPSA) is 26.3 Å². The molecule has 1 aliphatic carbocycles. The summed E-state index contributed by atoms with van der Waals surface area (Å²) in [5, 5.41) is 0. The highest BCUT2D eigenvalue weighted by molar-refractivity contribution is 5.70. The third kappa shape index (κ3) is 1.52. The third-order valence-electron chi connectivity index (χ3n) is 1.23. The molecule has 1 atom stereocenters. The fourth-order valence-electron chi connectivity index (χ4n) is 0.560. The molecule has 0 saturated heterocycles. The van der Waals surface area contributed by atoms with E-state index in [4.69, 9.17) is 0 Å². The monoisotopic (exact) mass is 113 g/mol. The van der Waals surface area contributed by atoms with Crippen molar-refractivity contribution in [2.45, 2.75) is 12.8 Å². The van der Waals surface area contributed by atoms with E-state index in [1.807, 2.05) is 0 Å². The predicted octanol–water partition coefficient (Wildman–Crippen LogP) is 0.774. The Morgan fingerprint density at radius 1 is 2.00 bits per heavy atom. The summed E-state index contributed by atoms with van der Waals surface area (Å²) in [4.78, 5) is 10.4. The van der Waals surface area contributed by atoms with E-state index in [2.05, 4.69) is 11.2 Å². The fourth-order valence-corrected chi connectivity index (χ4v) is 0.560. The molecule has 1 unspecified atom stereocenters. The van der Waals surface area contributed by atoms with E-state index in [1.54, 1.807) is 0 Å². The minimum absolute atomic E-state index is 0.0937. The molecular formula is C6H9O2. The molecule has 0 N–H and O–H groups in total. The van der Waals surface area contributed by atoms with Gasteiger partial charge in [0.25, 0.3) is 0 Å². The standard InChI is InChI=1S/C6H9O2/c1-8-6(7)4-5-2-3-5/h2,5H,3-4H2,1H3. The molecule has 0 aromatic rings. The van der Waals surface area contributed by atoms with Gasteiger partial charge >= 0.3 is 5.97 Å². The summed E-state index contributed by atoms with van der Waals surface area (Å²) >= 11 is 0. The minimum Gasteiger partial charge on any atom is -0.469 e. The molecule has 2 heteroatoms. The van der Waals surface area contributed by atoms with Crippen molar-refractivity contribution in [3.63, 3.8) is 0 Å². The first-order valence-electron chi connectivity index (χ1n) is 2.73. The van der Waals surface area contributed by atoms with Gasteiger partial charge in [0.1, 0.15) is 0 Å². The van der Waals surface area contributed by atoms with Gasteiger partial charge in [0, 0.05) is 6.42 Å². The van der Waals surface area contributed by atoms with Crippen LogP contribution in [0.5, 0.6) is 0 Å². The van der Waals surface area contributed by atoms with Crippen LogP contribution >= 0.6 is 0 Å². The van der Waals surface area contributed by atoms with Crippen LogP contribution in [0.4, 0.5) is 0 Å². The average Bonchev–Trinajstić information content (AvgIpc) is 2.50. The quantitative estimate of drug-likeness (QED) is 0.494. The van der Waals surface area contributed by atoms with Crippen molar-refractivity contribution in [2.24, 2.45) is 5.92 Å². The normalized spacial score (nSPS) is 18.1. The Morgan fingerprint density at radius 3 is 3.00 bits per heavy atom. The molecule has 0 heterocycles. The second-order valence-corrected chi connectivity index (χ2v) is 2.01. The zero-order valence-electron chi connectivity index (χ0n) is 4.89. The highest BCUT2D eigenvalue weighted by atomic mass is 16.5. The Hall–Kier alpha value is -0.530. The molecule has 2 nitrogen and oxygen atoms in total. The van der Waals surface area contributed by atoms with Crippen molar-refractivity contribution >= 4 is 5.97 Å². The van der Waals surface area contributed by atoms with E-state index in [1.165, 1.54) is 7.11 Å². The van der Waals surface area contributed by atoms with Crippen LogP contribution in [-0.4, -0.2) is 13.1 Å². The smallest absolute Gasteiger partial charge is 0.305 e. The number of carbonyl (C=O) groups is 1. The number of esters is 1. The van der Waals surface area contributed by atoms with Gasteiger partial charge in [-0.1, -0.05) is 0 Å². The molecule has 0 bridgehead atoms. The van der Waals surface area contributed by atoms with Gasteiger partial charge in [0.15, 0.2) is 0 Å². The second kappa shape index (κ2) is 2.16. The molecule has 0 aliphatic heterocycles. The average molecular weight is 113 g/mol. The molecule has 0 aromatic heterocycles. The number of ether oxygens (including phenoxy) is 1. The lowest BCUT2D eigenvalue weighted by Crippen LogP contribution is -1.99. The Bertz CT molecular complexity index is 94.7. The van der Waals surface area contributed by atoms with Crippen LogP contribution in [0, 0.1) is 12.3 Å². The summed E-state index contributed by atoms with van der Waals surface area (Å²) in [7, 11) is 1.42. The Morgan fingerprint density at radius 2 is 2.62 bits per heavy atom. The van der Waals surface area contributed by atoms with Crippen LogP contribution in [0.2, 0.25) is 0 Å². The summed E-state index contributed by atoms with van der Waals surface area (Å²) in [5.41, 5.74) is 0. The summed E-state index contributed by atoms with van der Waals surface area (Å²) in [6.07, 6.45) is 3.78. The van der Waals surface area contributed by atoms with E-state index in [0.717, 1.165) is 6.42 Å². The van der Waals surface area contributed by atoms with Gasteiger partial charge in [0.05, 0.1) is 7.11 Å². The SMILES string of the molecule is COC(=O)CC1[CH]C1. The zero-order chi connectivity index (χ0) is 5.98. The molecule has 0 amide bonds. The molecule has 0 aromatic carbocycles. The van der Waals surface area contributed by atoms with Crippen LogP contribution in [0.3, 0.4) is 0 Å². The molecule has 8 heavy (non-hydrogen) atoms. The van der Waals surface area contributed by atoms with Crippen molar-refractivity contribution in [2.75, 3.05) is 7.11 Å². The molecule has 1 rings (SSSR count). The number of carbonyl (C=O) groups excluding carboxylic acids is 1. The van der Waals surface area contributed by atoms with Gasteiger partial charge in [0.2, 0.25) is 0 Å². The van der Waals surface area contributed by atoms with Gasteiger partial charge in [-0.25, -0.2) is 0 Å². The zero-order valence-corrected chi connectivity index (χ0v) is 4.89. The minimum atomic E-state index is -0.0937. The summed E-state index contributed by atoms with van der Waals surface area (Å²) in [5.74, 6) is 0.436. The first-order valence-corrected chi connectivity index (χ1v) is 2.73. The maximum absolute atomic E-state index is 10.4. The van der Waals surface area contributed by atoms with Crippen LogP contribution in [0.25, 0.3) is 0 Å². The van der Waals surface area contributed by atoms with Gasteiger partial charge in [-0.3, -0.25) is 4.79 Å². The maximum Gasteiger partial charge on any atom is 0.305 e. The number of hydrogen-bond donors (Lipinski definition) is 0. The van der Waals surface area contributed by atoms with Crippen molar-refractivity contribution in [1.82, 2.24) is 0 Å². The van der Waals surface area contributed by atoms with Crippen LogP contribution < -0.4 is 0 Å². The van der Waals surface area contributed by atoms with Crippen molar-refractivity contribution in [3.05, 3.63) is 6.42 Å². The number of methoxy groups -OCH3 is 1. The highest BCUT2D eigenvalue weighted by Crippen LogP contribution is 2.30. The van der Waals surface area contributed by atoms with Crippen LogP contribution in [0.15, 0.2) is 0 Å². The first-order chi connectivity index (χ1) is 3.83. The molecule has 45 valence electrons. The third-order valence-corrected chi connectivity index (χ3v) is 1.23. The van der Waals surface area contributed by atoms with Crippen LogP contribution in [0.1, 0.15) is 12.8 Å². The molecule has 1 radical (unpaired) electrons. The Balaban J connectivity index is 2.07. The molecule has 1 fully saturated rings. The van der Waals surface area contributed by atoms with Gasteiger partial charge in [-0.15, -0.1) is 0 Å². The number of rotatable bonds is 2. The molecular weight excluding hydrogens is 104 g/mol. The van der Waals surface area contributed by atoms with Gasteiger partial charge in [-0.05, 0) is 18.8 Å². The lowest BCUT2D eigenvalue weighted by Gasteiger charge is -1.92. The van der Waals surface area contributed by atoms with Crippen molar-refractivity contribution in [1.29, 1.82) is 0 Å². The lowest BCUT2D eigenvalue weighted by molar-refractivity contribution is -0.140. The van der Waals surface area contributed by atoms with Crippen molar-refractivity contribution in [3.8, 4) is 0 Å². The predicted molar refractivity (Wildman–Crippen MR) is 29.0 cm³/mol. The van der Waals surface area contributed by atoms with E-state index in [0.29, 0.717) is 12.3 Å². The van der Waals surface area contributed by atoms with Gasteiger partial charge in [-0.2, -0.15) is 0 Å². The highest BCUT2D eigenvalue weighted by Gasteiger charge is 2.24. The maximum atomic E-state index is 10.4. The molecule has 1 saturated carbocycles. The molecule has 1 aliphatic rings. The van der Waals surface area contributed by atoms with E-state index >= 15 is 0 Å². The first kappa shape index (κ1) is 5.60. The Labute approximate surface area is 48.8 Å². The second-order valence-electron chi connectivity index (χ2n) is 2.01. The molecule has 0 spiro atoms. The number of hydrogen-bond acceptors (Lipinski definition) is 2. The van der Waals surface area contributed by atoms with E-state index in [-0.39, 0.29) is 5.97 Å². The summed E-state index contributed by atoms with van der Waals surface area (Å²) in [6, 6.07) is 0. The van der Waals surface area contributed by atoms with Crippen LogP contribution in [-0.2, 0) is 9.53 Å². The van der Waals surface area contributed by atoms with E-state index < -0.39 is 0 Å². The van der Waals surface area contributed by atoms with E-state index in [9.17, 15) is 4.79 Å².